The van der Waals surface area contributed by atoms with Crippen molar-refractivity contribution in [1.29, 1.82) is 0 Å². The average molecular weight is 487 g/mol. The third-order valence-electron chi connectivity index (χ3n) is 6.66. The van der Waals surface area contributed by atoms with E-state index in [1.54, 1.807) is 0 Å². The minimum atomic E-state index is 1.02. The molecule has 0 N–H and O–H groups in total. The third-order valence-corrected chi connectivity index (χ3v) is 8.81. The number of thioether (sulfide) groups is 2. The Bertz CT molecular complexity index is 734. The van der Waals surface area contributed by atoms with Crippen LogP contribution in [0.5, 0.6) is 0 Å². The van der Waals surface area contributed by atoms with E-state index in [0.29, 0.717) is 0 Å². The number of hydrogen-bond acceptors (Lipinski definition) is 4. The van der Waals surface area contributed by atoms with E-state index in [-0.39, 0.29) is 0 Å². The molecular weight excluding hydrogens is 440 g/mol. The Hall–Kier alpha value is -1.00. The summed E-state index contributed by atoms with van der Waals surface area (Å²) < 4.78 is 0. The zero-order valence-electron chi connectivity index (χ0n) is 21.2. The van der Waals surface area contributed by atoms with Crippen molar-refractivity contribution in [3.63, 3.8) is 0 Å². The lowest BCUT2D eigenvalue weighted by molar-refractivity contribution is 0.627. The molecule has 2 nitrogen and oxygen atoms in total. The van der Waals surface area contributed by atoms with Gasteiger partial charge in [-0.3, -0.25) is 0 Å². The number of benzene rings is 2. The quantitative estimate of drug-likeness (QED) is 0.193. The molecule has 33 heavy (non-hydrogen) atoms. The smallest absolute Gasteiger partial charge is 0.0919 e. The summed E-state index contributed by atoms with van der Waals surface area (Å²) in [6.07, 6.45) is 16.6. The second-order valence-electron chi connectivity index (χ2n) is 9.48. The van der Waals surface area contributed by atoms with Crippen LogP contribution >= 0.6 is 23.5 Å². The molecule has 0 atom stereocenters. The summed E-state index contributed by atoms with van der Waals surface area (Å²) in [6.45, 7) is 5.61. The van der Waals surface area contributed by atoms with Gasteiger partial charge in [0, 0.05) is 16.8 Å². The van der Waals surface area contributed by atoms with Gasteiger partial charge in [0.05, 0.1) is 18.4 Å². The molecule has 0 amide bonds. The SMILES string of the molecule is CCCCCCCCSCN1CN(CSCCCCCCCC)c2cccc3cccc1c23. The van der Waals surface area contributed by atoms with Crippen LogP contribution in [0.3, 0.4) is 0 Å². The van der Waals surface area contributed by atoms with Gasteiger partial charge in [-0.15, -0.1) is 23.5 Å². The lowest BCUT2D eigenvalue weighted by Crippen LogP contribution is -2.41. The molecule has 0 bridgehead atoms. The minimum absolute atomic E-state index is 1.02. The number of hydrogen-bond donors (Lipinski definition) is 0. The van der Waals surface area contributed by atoms with Crippen molar-refractivity contribution in [3.05, 3.63) is 36.4 Å². The van der Waals surface area contributed by atoms with Crippen LogP contribution in [0.1, 0.15) is 90.9 Å². The molecule has 1 aliphatic heterocycles. The lowest BCUT2D eigenvalue weighted by atomic mass is 10.0. The molecule has 1 aliphatic rings. The highest BCUT2D eigenvalue weighted by Gasteiger charge is 2.23. The van der Waals surface area contributed by atoms with Crippen molar-refractivity contribution >= 4 is 45.7 Å². The van der Waals surface area contributed by atoms with Gasteiger partial charge in [0.2, 0.25) is 0 Å². The van der Waals surface area contributed by atoms with Crippen molar-refractivity contribution in [2.45, 2.75) is 90.9 Å². The number of rotatable bonds is 18. The van der Waals surface area contributed by atoms with Gasteiger partial charge in [-0.2, -0.15) is 0 Å². The Labute approximate surface area is 212 Å². The molecule has 0 fully saturated rings. The summed E-state index contributed by atoms with van der Waals surface area (Å²) in [5.74, 6) is 4.77. The molecule has 0 spiro atoms. The first kappa shape index (κ1) is 26.6. The van der Waals surface area contributed by atoms with Crippen LogP contribution in [-0.2, 0) is 0 Å². The first-order valence-electron chi connectivity index (χ1n) is 13.5. The highest BCUT2D eigenvalue weighted by Crippen LogP contribution is 2.40. The van der Waals surface area contributed by atoms with E-state index in [0.717, 1.165) is 18.4 Å². The molecule has 0 radical (unpaired) electrons. The summed E-state index contributed by atoms with van der Waals surface area (Å²) in [4.78, 5) is 5.23. The molecule has 0 saturated heterocycles. The van der Waals surface area contributed by atoms with Crippen LogP contribution in [-0.4, -0.2) is 29.9 Å². The fraction of sp³-hybridized carbons (Fsp3) is 0.655. The highest BCUT2D eigenvalue weighted by atomic mass is 32.2. The molecule has 3 rings (SSSR count). The monoisotopic (exact) mass is 486 g/mol. The predicted octanol–water partition coefficient (Wildman–Crippen LogP) is 9.53. The van der Waals surface area contributed by atoms with E-state index in [1.165, 1.54) is 111 Å². The van der Waals surface area contributed by atoms with Crippen molar-refractivity contribution in [3.8, 4) is 0 Å². The van der Waals surface area contributed by atoms with Gasteiger partial charge in [-0.05, 0) is 41.9 Å². The molecule has 0 saturated carbocycles. The third kappa shape index (κ3) is 8.62. The standard InChI is InChI=1S/C29H46N2S2/c1-3-5-7-9-11-13-21-32-24-30-23-31(25-33-22-14-12-10-8-6-4-2)28-20-16-18-26-17-15-19-27(30)29(26)28/h15-20H,3-14,21-25H2,1-2H3. The second-order valence-corrected chi connectivity index (χ2v) is 11.6. The predicted molar refractivity (Wildman–Crippen MR) is 155 cm³/mol. The van der Waals surface area contributed by atoms with Crippen molar-refractivity contribution < 1.29 is 0 Å². The maximum absolute atomic E-state index is 2.61. The van der Waals surface area contributed by atoms with Gasteiger partial charge in [0.1, 0.15) is 0 Å². The maximum atomic E-state index is 2.61. The average Bonchev–Trinajstić information content (AvgIpc) is 2.84. The van der Waals surface area contributed by atoms with Crippen LogP contribution in [0.25, 0.3) is 10.8 Å². The summed E-state index contributed by atoms with van der Waals surface area (Å²) in [5, 5.41) is 2.83. The molecule has 2 aromatic carbocycles. The summed E-state index contributed by atoms with van der Waals surface area (Å²) in [5.41, 5.74) is 2.85. The zero-order valence-corrected chi connectivity index (χ0v) is 22.8. The zero-order chi connectivity index (χ0) is 23.1. The Morgan fingerprint density at radius 2 is 1.06 bits per heavy atom. The topological polar surface area (TPSA) is 6.48 Å². The van der Waals surface area contributed by atoms with Gasteiger partial charge in [-0.1, -0.05) is 102 Å². The van der Waals surface area contributed by atoms with Gasteiger partial charge in [0.25, 0.3) is 0 Å². The minimum Gasteiger partial charge on any atom is -0.344 e. The molecule has 2 aromatic rings. The Balaban J connectivity index is 1.51. The number of anilines is 2. The van der Waals surface area contributed by atoms with E-state index in [4.69, 9.17) is 0 Å². The van der Waals surface area contributed by atoms with Crippen LogP contribution in [0, 0.1) is 0 Å². The molecular formula is C29H46N2S2. The Kier molecular flexibility index (Phi) is 12.7. The highest BCUT2D eigenvalue weighted by molar-refractivity contribution is 7.99. The number of nitrogens with zero attached hydrogens (tertiary/aromatic N) is 2. The summed E-state index contributed by atoms with van der Waals surface area (Å²) in [7, 11) is 0. The molecule has 1 heterocycles. The number of unbranched alkanes of at least 4 members (excludes halogenated alkanes) is 10. The maximum Gasteiger partial charge on any atom is 0.0919 e. The van der Waals surface area contributed by atoms with Crippen molar-refractivity contribution in [2.75, 3.05) is 39.7 Å². The van der Waals surface area contributed by atoms with E-state index in [1.807, 2.05) is 0 Å². The van der Waals surface area contributed by atoms with Crippen molar-refractivity contribution in [2.24, 2.45) is 0 Å². The first-order valence-corrected chi connectivity index (χ1v) is 15.8. The Morgan fingerprint density at radius 1 is 0.606 bits per heavy atom. The van der Waals surface area contributed by atoms with Crippen LogP contribution in [0.4, 0.5) is 11.4 Å². The van der Waals surface area contributed by atoms with E-state index in [9.17, 15) is 0 Å². The van der Waals surface area contributed by atoms with E-state index < -0.39 is 0 Å². The molecule has 0 aromatic heterocycles. The molecule has 4 heteroatoms. The molecule has 0 unspecified atom stereocenters. The van der Waals surface area contributed by atoms with Gasteiger partial charge in [0.15, 0.2) is 0 Å². The fourth-order valence-corrected chi connectivity index (χ4v) is 6.68. The van der Waals surface area contributed by atoms with Gasteiger partial charge >= 0.3 is 0 Å². The van der Waals surface area contributed by atoms with Crippen LogP contribution in [0.2, 0.25) is 0 Å². The second kappa shape index (κ2) is 15.8. The van der Waals surface area contributed by atoms with E-state index in [2.05, 4.69) is 83.6 Å². The summed E-state index contributed by atoms with van der Waals surface area (Å²) in [6, 6.07) is 13.7. The largest absolute Gasteiger partial charge is 0.344 e. The Morgan fingerprint density at radius 3 is 1.55 bits per heavy atom. The normalized spacial score (nSPS) is 13.3. The van der Waals surface area contributed by atoms with Gasteiger partial charge < -0.3 is 9.80 Å². The summed E-state index contributed by atoms with van der Waals surface area (Å²) >= 11 is 4.24. The molecule has 184 valence electrons. The fourth-order valence-electron chi connectivity index (χ4n) is 4.73. The first-order chi connectivity index (χ1) is 16.3. The van der Waals surface area contributed by atoms with Gasteiger partial charge in [-0.25, -0.2) is 0 Å². The lowest BCUT2D eigenvalue weighted by Gasteiger charge is -2.39. The van der Waals surface area contributed by atoms with Crippen molar-refractivity contribution in [1.82, 2.24) is 0 Å². The molecule has 0 aliphatic carbocycles. The van der Waals surface area contributed by atoms with Crippen LogP contribution in [0.15, 0.2) is 36.4 Å². The van der Waals surface area contributed by atoms with Crippen LogP contribution < -0.4 is 9.80 Å². The van der Waals surface area contributed by atoms with E-state index >= 15 is 0 Å².